The molecule has 0 aliphatic carbocycles. The van der Waals surface area contributed by atoms with E-state index < -0.39 is 0 Å². The summed E-state index contributed by atoms with van der Waals surface area (Å²) in [5, 5.41) is 3.44. The number of benzene rings is 1. The van der Waals surface area contributed by atoms with Crippen molar-refractivity contribution in [2.24, 2.45) is 5.92 Å². The van der Waals surface area contributed by atoms with E-state index in [1.807, 2.05) is 0 Å². The van der Waals surface area contributed by atoms with Crippen molar-refractivity contribution >= 4 is 0 Å². The van der Waals surface area contributed by atoms with Gasteiger partial charge in [0.05, 0.1) is 6.61 Å². The van der Waals surface area contributed by atoms with E-state index in [9.17, 15) is 0 Å². The number of hydrogen-bond donors (Lipinski definition) is 1. The molecule has 1 rings (SSSR count). The largest absolute Gasteiger partial charge is 0.493 e. The van der Waals surface area contributed by atoms with Crippen LogP contribution in [0.1, 0.15) is 65.0 Å². The molecule has 2 atom stereocenters. The average molecular weight is 277 g/mol. The van der Waals surface area contributed by atoms with Gasteiger partial charge < -0.3 is 10.1 Å². The molecule has 0 aliphatic heterocycles. The van der Waals surface area contributed by atoms with E-state index in [2.05, 4.69) is 57.3 Å². The fourth-order valence-electron chi connectivity index (χ4n) is 2.41. The van der Waals surface area contributed by atoms with Gasteiger partial charge in [0.1, 0.15) is 5.75 Å². The Morgan fingerprint density at radius 3 is 2.65 bits per heavy atom. The third kappa shape index (κ3) is 5.96. The van der Waals surface area contributed by atoms with Gasteiger partial charge in [-0.2, -0.15) is 0 Å². The third-order valence-corrected chi connectivity index (χ3v) is 3.90. The zero-order valence-corrected chi connectivity index (χ0v) is 13.6. The lowest BCUT2D eigenvalue weighted by atomic mass is 10.0. The highest BCUT2D eigenvalue weighted by Crippen LogP contribution is 2.21. The van der Waals surface area contributed by atoms with Crippen LogP contribution in [0.25, 0.3) is 0 Å². The molecule has 1 N–H and O–H groups in total. The minimum Gasteiger partial charge on any atom is -0.493 e. The van der Waals surface area contributed by atoms with Crippen LogP contribution in [0.2, 0.25) is 0 Å². The number of nitrogens with one attached hydrogen (secondary N) is 1. The van der Waals surface area contributed by atoms with Crippen molar-refractivity contribution in [2.45, 2.75) is 59.4 Å². The maximum atomic E-state index is 6.00. The van der Waals surface area contributed by atoms with Crippen molar-refractivity contribution < 1.29 is 4.74 Å². The highest BCUT2D eigenvalue weighted by atomic mass is 16.5. The summed E-state index contributed by atoms with van der Waals surface area (Å²) >= 11 is 0. The fourth-order valence-corrected chi connectivity index (χ4v) is 2.41. The lowest BCUT2D eigenvalue weighted by Gasteiger charge is -2.17. The molecule has 0 aromatic heterocycles. The van der Waals surface area contributed by atoms with Crippen LogP contribution in [0.5, 0.6) is 5.75 Å². The first kappa shape index (κ1) is 17.0. The molecule has 0 saturated carbocycles. The Morgan fingerprint density at radius 1 is 1.20 bits per heavy atom. The third-order valence-electron chi connectivity index (χ3n) is 3.90. The smallest absolute Gasteiger partial charge is 0.119 e. The van der Waals surface area contributed by atoms with Gasteiger partial charge in [-0.1, -0.05) is 52.2 Å². The summed E-state index contributed by atoms with van der Waals surface area (Å²) in [6.45, 7) is 10.7. The van der Waals surface area contributed by atoms with Gasteiger partial charge in [-0.25, -0.2) is 0 Å². The molecule has 0 fully saturated rings. The van der Waals surface area contributed by atoms with Gasteiger partial charge in [0, 0.05) is 6.04 Å². The van der Waals surface area contributed by atoms with E-state index in [4.69, 9.17) is 4.74 Å². The van der Waals surface area contributed by atoms with Crippen LogP contribution >= 0.6 is 0 Å². The normalized spacial score (nSPS) is 14.0. The molecule has 0 aliphatic rings. The monoisotopic (exact) mass is 277 g/mol. The maximum absolute atomic E-state index is 6.00. The molecule has 114 valence electrons. The minimum absolute atomic E-state index is 0.380. The highest BCUT2D eigenvalue weighted by Gasteiger charge is 2.08. The van der Waals surface area contributed by atoms with Crippen molar-refractivity contribution in [3.63, 3.8) is 0 Å². The van der Waals surface area contributed by atoms with Gasteiger partial charge in [-0.15, -0.1) is 0 Å². The van der Waals surface area contributed by atoms with Gasteiger partial charge in [0.15, 0.2) is 0 Å². The predicted octanol–water partition coefficient (Wildman–Crippen LogP) is 4.95. The topological polar surface area (TPSA) is 21.3 Å². The zero-order valence-electron chi connectivity index (χ0n) is 13.6. The van der Waals surface area contributed by atoms with Crippen LogP contribution in [0.4, 0.5) is 0 Å². The molecule has 1 aromatic carbocycles. The standard InChI is InChI=1S/C18H31NO/c1-5-8-10-16(6-2)14-20-18-12-9-11-17(13-18)15(4)19-7-3/h9,11-13,15-16,19H,5-8,10,14H2,1-4H3. The summed E-state index contributed by atoms with van der Waals surface area (Å²) < 4.78 is 6.00. The Balaban J connectivity index is 2.52. The summed E-state index contributed by atoms with van der Waals surface area (Å²) in [6, 6.07) is 8.86. The Morgan fingerprint density at radius 2 is 2.00 bits per heavy atom. The molecule has 0 saturated heterocycles. The molecule has 0 amide bonds. The second kappa shape index (κ2) is 9.82. The lowest BCUT2D eigenvalue weighted by molar-refractivity contribution is 0.233. The number of rotatable bonds is 10. The predicted molar refractivity (Wildman–Crippen MR) is 87.3 cm³/mol. The number of unbranched alkanes of at least 4 members (excludes halogenated alkanes) is 1. The molecule has 0 radical (unpaired) electrons. The summed E-state index contributed by atoms with van der Waals surface area (Å²) in [4.78, 5) is 0. The molecule has 2 nitrogen and oxygen atoms in total. The van der Waals surface area contributed by atoms with Crippen molar-refractivity contribution in [2.75, 3.05) is 13.2 Å². The Bertz CT molecular complexity index is 364. The van der Waals surface area contributed by atoms with Gasteiger partial charge >= 0.3 is 0 Å². The molecule has 2 heteroatoms. The Hall–Kier alpha value is -1.02. The second-order valence-electron chi connectivity index (χ2n) is 5.58. The molecule has 0 heterocycles. The van der Waals surface area contributed by atoms with E-state index in [-0.39, 0.29) is 0 Å². The quantitative estimate of drug-likeness (QED) is 0.653. The van der Waals surface area contributed by atoms with Gasteiger partial charge in [0.2, 0.25) is 0 Å². The molecule has 0 spiro atoms. The van der Waals surface area contributed by atoms with Crippen LogP contribution in [0, 0.1) is 5.92 Å². The molecule has 0 bridgehead atoms. The summed E-state index contributed by atoms with van der Waals surface area (Å²) in [7, 11) is 0. The lowest BCUT2D eigenvalue weighted by Crippen LogP contribution is -2.17. The first-order valence-corrected chi connectivity index (χ1v) is 8.17. The van der Waals surface area contributed by atoms with E-state index >= 15 is 0 Å². The first-order valence-electron chi connectivity index (χ1n) is 8.17. The Labute approximate surface area is 124 Å². The van der Waals surface area contributed by atoms with E-state index in [1.54, 1.807) is 0 Å². The zero-order chi connectivity index (χ0) is 14.8. The van der Waals surface area contributed by atoms with Crippen molar-refractivity contribution in [1.29, 1.82) is 0 Å². The molecule has 20 heavy (non-hydrogen) atoms. The average Bonchev–Trinajstić information content (AvgIpc) is 2.48. The van der Waals surface area contributed by atoms with Gasteiger partial charge in [-0.3, -0.25) is 0 Å². The van der Waals surface area contributed by atoms with Crippen molar-refractivity contribution in [3.8, 4) is 5.75 Å². The first-order chi connectivity index (χ1) is 9.71. The second-order valence-corrected chi connectivity index (χ2v) is 5.58. The molecular formula is C18H31NO. The van der Waals surface area contributed by atoms with Crippen LogP contribution < -0.4 is 10.1 Å². The number of ether oxygens (including phenoxy) is 1. The van der Waals surface area contributed by atoms with Crippen LogP contribution in [-0.4, -0.2) is 13.2 Å². The van der Waals surface area contributed by atoms with E-state index in [1.165, 1.54) is 31.2 Å². The molecule has 2 unspecified atom stereocenters. The van der Waals surface area contributed by atoms with Crippen molar-refractivity contribution in [1.82, 2.24) is 5.32 Å². The van der Waals surface area contributed by atoms with Crippen LogP contribution in [-0.2, 0) is 0 Å². The van der Waals surface area contributed by atoms with Gasteiger partial charge in [0.25, 0.3) is 0 Å². The Kier molecular flexibility index (Phi) is 8.36. The number of hydrogen-bond acceptors (Lipinski definition) is 2. The van der Waals surface area contributed by atoms with Gasteiger partial charge in [-0.05, 0) is 43.5 Å². The molecular weight excluding hydrogens is 246 g/mol. The summed E-state index contributed by atoms with van der Waals surface area (Å²) in [5.74, 6) is 1.69. The van der Waals surface area contributed by atoms with Crippen LogP contribution in [0.3, 0.4) is 0 Å². The van der Waals surface area contributed by atoms with E-state index in [0.29, 0.717) is 12.0 Å². The highest BCUT2D eigenvalue weighted by molar-refractivity contribution is 5.30. The molecule has 1 aromatic rings. The SMILES string of the molecule is CCCCC(CC)COc1cccc(C(C)NCC)c1. The van der Waals surface area contributed by atoms with Crippen molar-refractivity contribution in [3.05, 3.63) is 29.8 Å². The summed E-state index contributed by atoms with van der Waals surface area (Å²) in [6.07, 6.45) is 5.06. The minimum atomic E-state index is 0.380. The maximum Gasteiger partial charge on any atom is 0.119 e. The van der Waals surface area contributed by atoms with Crippen LogP contribution in [0.15, 0.2) is 24.3 Å². The van der Waals surface area contributed by atoms with E-state index in [0.717, 1.165) is 18.9 Å². The fraction of sp³-hybridized carbons (Fsp3) is 0.667. The summed E-state index contributed by atoms with van der Waals surface area (Å²) in [5.41, 5.74) is 1.30.